The molecule has 0 saturated heterocycles. The minimum atomic E-state index is -0.872. The highest BCUT2D eigenvalue weighted by Crippen LogP contribution is 2.14. The van der Waals surface area contributed by atoms with Crippen LogP contribution in [0.1, 0.15) is 40.5 Å². The van der Waals surface area contributed by atoms with Gasteiger partial charge in [-0.15, -0.1) is 0 Å². The van der Waals surface area contributed by atoms with Gasteiger partial charge in [0.2, 0.25) is 0 Å². The molecule has 1 atom stereocenters. The average molecular weight is 201 g/mol. The highest BCUT2D eigenvalue weighted by atomic mass is 16.4. The zero-order valence-corrected chi connectivity index (χ0v) is 9.26. The van der Waals surface area contributed by atoms with E-state index >= 15 is 0 Å². The number of hydrogen-bond donors (Lipinski definition) is 2. The van der Waals surface area contributed by atoms with Gasteiger partial charge in [0.25, 0.3) is 0 Å². The number of carbonyl (C=O) groups is 2. The molecule has 0 rings (SSSR count). The lowest BCUT2D eigenvalue weighted by molar-refractivity contribution is -0.137. The van der Waals surface area contributed by atoms with Crippen LogP contribution in [0, 0.1) is 0 Å². The van der Waals surface area contributed by atoms with Gasteiger partial charge in [-0.2, -0.15) is 0 Å². The second-order valence-electron chi connectivity index (χ2n) is 4.08. The molecule has 1 unspecified atom stereocenters. The van der Waals surface area contributed by atoms with Gasteiger partial charge < -0.3 is 10.4 Å². The molecule has 0 aliphatic carbocycles. The van der Waals surface area contributed by atoms with Gasteiger partial charge in [-0.25, -0.2) is 0 Å². The molecule has 0 saturated carbocycles. The Labute approximate surface area is 84.7 Å². The van der Waals surface area contributed by atoms with Gasteiger partial charge >= 0.3 is 5.97 Å². The number of carboxylic acids is 1. The topological polar surface area (TPSA) is 66.4 Å². The quantitative estimate of drug-likeness (QED) is 0.677. The molecular weight excluding hydrogens is 182 g/mol. The SMILES string of the molecule is CC(=O)C(C)(CCC(=O)O)NC(C)C. The van der Waals surface area contributed by atoms with Crippen LogP contribution < -0.4 is 5.32 Å². The number of nitrogens with one attached hydrogen (secondary N) is 1. The van der Waals surface area contributed by atoms with Crippen molar-refractivity contribution in [2.75, 3.05) is 0 Å². The summed E-state index contributed by atoms with van der Waals surface area (Å²) in [5, 5.41) is 11.7. The maximum atomic E-state index is 11.4. The monoisotopic (exact) mass is 201 g/mol. The summed E-state index contributed by atoms with van der Waals surface area (Å²) in [7, 11) is 0. The Morgan fingerprint density at radius 2 is 1.93 bits per heavy atom. The van der Waals surface area contributed by atoms with Crippen molar-refractivity contribution in [3.8, 4) is 0 Å². The van der Waals surface area contributed by atoms with E-state index in [1.165, 1.54) is 6.92 Å². The highest BCUT2D eigenvalue weighted by Gasteiger charge is 2.30. The lowest BCUT2D eigenvalue weighted by Gasteiger charge is -2.30. The smallest absolute Gasteiger partial charge is 0.303 e. The van der Waals surface area contributed by atoms with Crippen molar-refractivity contribution in [3.63, 3.8) is 0 Å². The molecule has 2 N–H and O–H groups in total. The minimum Gasteiger partial charge on any atom is -0.481 e. The fourth-order valence-corrected chi connectivity index (χ4v) is 1.34. The zero-order chi connectivity index (χ0) is 11.4. The van der Waals surface area contributed by atoms with Crippen LogP contribution in [-0.4, -0.2) is 28.4 Å². The molecule has 4 nitrogen and oxygen atoms in total. The second-order valence-corrected chi connectivity index (χ2v) is 4.08. The zero-order valence-electron chi connectivity index (χ0n) is 9.26. The molecule has 0 spiro atoms. The van der Waals surface area contributed by atoms with E-state index in [4.69, 9.17) is 5.11 Å². The Morgan fingerprint density at radius 1 is 1.43 bits per heavy atom. The van der Waals surface area contributed by atoms with Crippen LogP contribution in [0.3, 0.4) is 0 Å². The van der Waals surface area contributed by atoms with Gasteiger partial charge in [-0.05, 0) is 34.1 Å². The summed E-state index contributed by atoms with van der Waals surface area (Å²) in [6.07, 6.45) is 0.339. The van der Waals surface area contributed by atoms with E-state index in [0.29, 0.717) is 6.42 Å². The van der Waals surface area contributed by atoms with Crippen LogP contribution in [0.4, 0.5) is 0 Å². The summed E-state index contributed by atoms with van der Waals surface area (Å²) in [4.78, 5) is 21.8. The Hall–Kier alpha value is -0.900. The first-order valence-electron chi connectivity index (χ1n) is 4.78. The van der Waals surface area contributed by atoms with E-state index in [2.05, 4.69) is 5.32 Å². The summed E-state index contributed by atoms with van der Waals surface area (Å²) < 4.78 is 0. The Kier molecular flexibility index (Phi) is 4.77. The van der Waals surface area contributed by atoms with Crippen LogP contribution >= 0.6 is 0 Å². The molecule has 0 aromatic rings. The summed E-state index contributed by atoms with van der Waals surface area (Å²) in [6.45, 7) is 7.10. The minimum absolute atomic E-state index is 0.00972. The molecule has 0 radical (unpaired) electrons. The number of carboxylic acid groups (broad SMARTS) is 1. The summed E-state index contributed by atoms with van der Waals surface area (Å²) in [6, 6.07) is 0.165. The maximum absolute atomic E-state index is 11.4. The number of Topliss-reactive ketones (excluding diaryl/α,β-unsaturated/α-hetero) is 1. The summed E-state index contributed by atoms with van der Waals surface area (Å²) in [5.74, 6) is -0.893. The van der Waals surface area contributed by atoms with Crippen LogP contribution in [-0.2, 0) is 9.59 Å². The van der Waals surface area contributed by atoms with E-state index < -0.39 is 11.5 Å². The van der Waals surface area contributed by atoms with E-state index in [1.807, 2.05) is 13.8 Å². The predicted octanol–water partition coefficient (Wildman–Crippen LogP) is 1.20. The number of ketones is 1. The van der Waals surface area contributed by atoms with Crippen molar-refractivity contribution in [1.29, 1.82) is 0 Å². The Morgan fingerprint density at radius 3 is 2.21 bits per heavy atom. The molecule has 0 aliphatic heterocycles. The largest absolute Gasteiger partial charge is 0.481 e. The molecule has 0 bridgehead atoms. The molecule has 4 heteroatoms. The van der Waals surface area contributed by atoms with Crippen LogP contribution in [0.2, 0.25) is 0 Å². The van der Waals surface area contributed by atoms with Gasteiger partial charge in [0.05, 0.1) is 5.54 Å². The number of aliphatic carboxylic acids is 1. The van der Waals surface area contributed by atoms with Crippen molar-refractivity contribution >= 4 is 11.8 Å². The molecule has 14 heavy (non-hydrogen) atoms. The van der Waals surface area contributed by atoms with Crippen LogP contribution in [0.25, 0.3) is 0 Å². The van der Waals surface area contributed by atoms with Crippen LogP contribution in [0.15, 0.2) is 0 Å². The number of hydrogen-bond acceptors (Lipinski definition) is 3. The van der Waals surface area contributed by atoms with Crippen molar-refractivity contribution in [3.05, 3.63) is 0 Å². The third kappa shape index (κ3) is 4.37. The van der Waals surface area contributed by atoms with Crippen molar-refractivity contribution < 1.29 is 14.7 Å². The van der Waals surface area contributed by atoms with Crippen LogP contribution in [0.5, 0.6) is 0 Å². The molecule has 0 heterocycles. The fraction of sp³-hybridized carbons (Fsp3) is 0.800. The van der Waals surface area contributed by atoms with E-state index in [1.54, 1.807) is 6.92 Å². The Bertz CT molecular complexity index is 225. The summed E-state index contributed by atoms with van der Waals surface area (Å²) >= 11 is 0. The van der Waals surface area contributed by atoms with Crippen molar-refractivity contribution in [2.24, 2.45) is 0 Å². The van der Waals surface area contributed by atoms with Crippen molar-refractivity contribution in [2.45, 2.75) is 52.1 Å². The molecule has 0 aliphatic rings. The van der Waals surface area contributed by atoms with E-state index in [9.17, 15) is 9.59 Å². The molecule has 0 aromatic heterocycles. The van der Waals surface area contributed by atoms with Gasteiger partial charge in [0.15, 0.2) is 0 Å². The van der Waals surface area contributed by atoms with E-state index in [0.717, 1.165) is 0 Å². The van der Waals surface area contributed by atoms with Gasteiger partial charge in [-0.3, -0.25) is 9.59 Å². The lowest BCUT2D eigenvalue weighted by Crippen LogP contribution is -2.51. The third-order valence-corrected chi connectivity index (χ3v) is 2.22. The summed E-state index contributed by atoms with van der Waals surface area (Å²) in [5.41, 5.74) is -0.716. The number of carbonyl (C=O) groups excluding carboxylic acids is 1. The van der Waals surface area contributed by atoms with Crippen molar-refractivity contribution in [1.82, 2.24) is 5.32 Å². The molecule has 0 amide bonds. The first kappa shape index (κ1) is 13.1. The van der Waals surface area contributed by atoms with E-state index in [-0.39, 0.29) is 18.2 Å². The maximum Gasteiger partial charge on any atom is 0.303 e. The molecule has 82 valence electrons. The highest BCUT2D eigenvalue weighted by molar-refractivity contribution is 5.86. The molecule has 0 aromatic carbocycles. The molecular formula is C10H19NO3. The third-order valence-electron chi connectivity index (χ3n) is 2.22. The normalized spacial score (nSPS) is 15.2. The van der Waals surface area contributed by atoms with Gasteiger partial charge in [0.1, 0.15) is 5.78 Å². The van der Waals surface area contributed by atoms with Gasteiger partial charge in [-0.1, -0.05) is 0 Å². The second kappa shape index (κ2) is 5.10. The standard InChI is InChI=1S/C10H19NO3/c1-7(2)11-10(4,8(3)12)6-5-9(13)14/h7,11H,5-6H2,1-4H3,(H,13,14). The fourth-order valence-electron chi connectivity index (χ4n) is 1.34. The molecule has 0 fully saturated rings. The predicted molar refractivity (Wildman–Crippen MR) is 54.2 cm³/mol. The average Bonchev–Trinajstić information content (AvgIpc) is 1.99. The first-order valence-corrected chi connectivity index (χ1v) is 4.78. The first-order chi connectivity index (χ1) is 6.28. The van der Waals surface area contributed by atoms with Gasteiger partial charge in [0, 0.05) is 12.5 Å². The number of rotatable bonds is 6. The lowest BCUT2D eigenvalue weighted by atomic mass is 9.90. The Balaban J connectivity index is 4.39.